The molecule has 0 fully saturated rings. The Morgan fingerprint density at radius 2 is 1.43 bits per heavy atom. The lowest BCUT2D eigenvalue weighted by molar-refractivity contribution is -0.133. The van der Waals surface area contributed by atoms with Crippen LogP contribution < -0.4 is 38.9 Å². The van der Waals surface area contributed by atoms with Crippen molar-refractivity contribution in [1.29, 1.82) is 0 Å². The monoisotopic (exact) mass is 644 g/mol. The molecule has 47 heavy (non-hydrogen) atoms. The largest absolute Gasteiger partial charge is 0.508 e. The molecule has 3 rings (SSSR count). The van der Waals surface area contributed by atoms with Crippen LogP contribution in [-0.2, 0) is 32.0 Å². The van der Waals surface area contributed by atoms with Crippen molar-refractivity contribution in [2.45, 2.75) is 57.7 Å². The molecule has 0 saturated heterocycles. The van der Waals surface area contributed by atoms with E-state index >= 15 is 0 Å². The highest BCUT2D eigenvalue weighted by Crippen LogP contribution is 2.22. The van der Waals surface area contributed by atoms with Crippen molar-refractivity contribution in [3.05, 3.63) is 89.0 Å². The van der Waals surface area contributed by atoms with E-state index in [0.717, 1.165) is 33.4 Å². The first-order chi connectivity index (χ1) is 22.3. The lowest BCUT2D eigenvalue weighted by atomic mass is 9.95. The number of nitrogens with two attached hydrogens (primary N) is 4. The van der Waals surface area contributed by atoms with Gasteiger partial charge in [0.15, 0.2) is 5.96 Å². The fourth-order valence-electron chi connectivity index (χ4n) is 5.18. The summed E-state index contributed by atoms with van der Waals surface area (Å²) in [5, 5.41) is 17.8. The number of rotatable bonds is 16. The van der Waals surface area contributed by atoms with Gasteiger partial charge in [0.05, 0.1) is 12.6 Å². The number of benzene rings is 3. The Kier molecular flexibility index (Phi) is 13.3. The first-order valence-electron chi connectivity index (χ1n) is 15.2. The summed E-state index contributed by atoms with van der Waals surface area (Å²) in [5.74, 6) is -2.58. The van der Waals surface area contributed by atoms with E-state index in [0.29, 0.717) is 6.42 Å². The second-order valence-electron chi connectivity index (χ2n) is 11.4. The molecule has 0 aliphatic carbocycles. The maximum Gasteiger partial charge on any atom is 0.243 e. The average Bonchev–Trinajstić information content (AvgIpc) is 3.02. The standard InChI is InChI=1S/C34H44N8O5/c1-20-14-25(43)15-21(2)26(20)18-27(35)31(45)41-28(12-7-13-39-34(37)38)33(47)42-29(32(46)40-19-30(36)44)17-22-8-6-11-24(16-22)23-9-4-3-5-10-23/h3-6,8-11,14-16,27-29,43H,7,12-13,17-19,35H2,1-2H3,(H2,36,44)(H,40,46)(H,41,45)(H,42,47)(H4,37,38,39)/t27-,28+,29-/m0/s1. The first kappa shape index (κ1) is 36.0. The molecule has 3 aromatic carbocycles. The van der Waals surface area contributed by atoms with Gasteiger partial charge in [-0.15, -0.1) is 0 Å². The smallest absolute Gasteiger partial charge is 0.243 e. The zero-order valence-corrected chi connectivity index (χ0v) is 26.7. The lowest BCUT2D eigenvalue weighted by Crippen LogP contribution is -2.57. The molecular formula is C34H44N8O5. The summed E-state index contributed by atoms with van der Waals surface area (Å²) in [6, 6.07) is 17.2. The summed E-state index contributed by atoms with van der Waals surface area (Å²) >= 11 is 0. The topological polar surface area (TPSA) is 241 Å². The number of guanidine groups is 1. The predicted molar refractivity (Wildman–Crippen MR) is 181 cm³/mol. The highest BCUT2D eigenvalue weighted by Gasteiger charge is 2.29. The molecule has 0 spiro atoms. The maximum absolute atomic E-state index is 13.7. The molecule has 13 nitrogen and oxygen atoms in total. The zero-order chi connectivity index (χ0) is 34.5. The Labute approximate surface area is 274 Å². The van der Waals surface area contributed by atoms with Gasteiger partial charge in [-0.25, -0.2) is 0 Å². The molecule has 3 atom stereocenters. The predicted octanol–water partition coefficient (Wildman–Crippen LogP) is 0.413. The van der Waals surface area contributed by atoms with Gasteiger partial charge in [0.1, 0.15) is 17.8 Å². The van der Waals surface area contributed by atoms with Crippen molar-refractivity contribution in [3.63, 3.8) is 0 Å². The van der Waals surface area contributed by atoms with Crippen LogP contribution in [0.5, 0.6) is 5.75 Å². The number of aliphatic imine (C=N–C) groups is 1. The molecule has 0 aliphatic rings. The minimum absolute atomic E-state index is 0.0879. The lowest BCUT2D eigenvalue weighted by Gasteiger charge is -2.25. The third kappa shape index (κ3) is 11.5. The van der Waals surface area contributed by atoms with E-state index in [1.54, 1.807) is 12.1 Å². The Morgan fingerprint density at radius 1 is 0.787 bits per heavy atom. The number of phenolic OH excluding ortho intramolecular Hbond substituents is 1. The van der Waals surface area contributed by atoms with Gasteiger partial charge >= 0.3 is 0 Å². The molecule has 12 N–H and O–H groups in total. The van der Waals surface area contributed by atoms with Gasteiger partial charge in [-0.3, -0.25) is 24.2 Å². The molecule has 0 radical (unpaired) electrons. The number of aromatic hydroxyl groups is 1. The Hall–Kier alpha value is -5.43. The van der Waals surface area contributed by atoms with Crippen LogP contribution in [0.3, 0.4) is 0 Å². The van der Waals surface area contributed by atoms with Crippen LogP contribution in [0, 0.1) is 13.8 Å². The summed E-state index contributed by atoms with van der Waals surface area (Å²) in [6.07, 6.45) is 0.726. The summed E-state index contributed by atoms with van der Waals surface area (Å²) in [5.41, 5.74) is 27.4. The maximum atomic E-state index is 13.7. The number of phenols is 1. The average molecular weight is 645 g/mol. The minimum Gasteiger partial charge on any atom is -0.508 e. The van der Waals surface area contributed by atoms with Gasteiger partial charge < -0.3 is 44.0 Å². The molecular weight excluding hydrogens is 600 g/mol. The van der Waals surface area contributed by atoms with E-state index in [1.165, 1.54) is 0 Å². The Morgan fingerprint density at radius 3 is 2.06 bits per heavy atom. The molecule has 0 saturated carbocycles. The van der Waals surface area contributed by atoms with Crippen molar-refractivity contribution in [3.8, 4) is 16.9 Å². The van der Waals surface area contributed by atoms with Crippen LogP contribution in [0.25, 0.3) is 11.1 Å². The highest BCUT2D eigenvalue weighted by atomic mass is 16.3. The molecule has 0 aromatic heterocycles. The molecule has 4 amide bonds. The fraction of sp³-hybridized carbons (Fsp3) is 0.324. The summed E-state index contributed by atoms with van der Waals surface area (Å²) in [6.45, 7) is 3.41. The fourth-order valence-corrected chi connectivity index (χ4v) is 5.18. The summed E-state index contributed by atoms with van der Waals surface area (Å²) in [7, 11) is 0. The normalized spacial score (nSPS) is 12.7. The quantitative estimate of drug-likeness (QED) is 0.0615. The number of amides is 4. The molecule has 250 valence electrons. The van der Waals surface area contributed by atoms with Gasteiger partial charge in [0.25, 0.3) is 0 Å². The van der Waals surface area contributed by atoms with E-state index in [1.807, 2.05) is 68.4 Å². The van der Waals surface area contributed by atoms with Gasteiger partial charge in [-0.05, 0) is 78.6 Å². The third-order valence-corrected chi connectivity index (χ3v) is 7.56. The number of aryl methyl sites for hydroxylation is 2. The second-order valence-corrected chi connectivity index (χ2v) is 11.4. The Bertz CT molecular complexity index is 1570. The molecule has 0 unspecified atom stereocenters. The number of nitrogens with zero attached hydrogens (tertiary/aromatic N) is 1. The number of carbonyl (C=O) groups excluding carboxylic acids is 4. The van der Waals surface area contributed by atoms with E-state index in [2.05, 4.69) is 20.9 Å². The third-order valence-electron chi connectivity index (χ3n) is 7.56. The van der Waals surface area contributed by atoms with Crippen LogP contribution in [0.2, 0.25) is 0 Å². The number of hydrogen-bond acceptors (Lipinski definition) is 7. The van der Waals surface area contributed by atoms with Crippen molar-refractivity contribution < 1.29 is 24.3 Å². The van der Waals surface area contributed by atoms with Crippen LogP contribution in [-0.4, -0.2) is 65.9 Å². The summed E-state index contributed by atoms with van der Waals surface area (Å²) in [4.78, 5) is 55.6. The number of nitrogens with one attached hydrogen (secondary N) is 3. The van der Waals surface area contributed by atoms with Crippen LogP contribution >= 0.6 is 0 Å². The molecule has 3 aromatic rings. The molecule has 0 aliphatic heterocycles. The first-order valence-corrected chi connectivity index (χ1v) is 15.2. The number of carbonyl (C=O) groups is 4. The zero-order valence-electron chi connectivity index (χ0n) is 26.7. The molecule has 0 bridgehead atoms. The van der Waals surface area contributed by atoms with E-state index in [-0.39, 0.29) is 37.5 Å². The van der Waals surface area contributed by atoms with Crippen molar-refractivity contribution in [2.24, 2.45) is 27.9 Å². The van der Waals surface area contributed by atoms with Gasteiger partial charge in [0.2, 0.25) is 23.6 Å². The Balaban J connectivity index is 1.82. The SMILES string of the molecule is Cc1cc(O)cc(C)c1C[C@H](N)C(=O)N[C@H](CCCN=C(N)N)C(=O)N[C@@H](Cc1cccc(-c2ccccc2)c1)C(=O)NCC(N)=O. The van der Waals surface area contributed by atoms with Crippen molar-refractivity contribution in [2.75, 3.05) is 13.1 Å². The van der Waals surface area contributed by atoms with Crippen molar-refractivity contribution in [1.82, 2.24) is 16.0 Å². The van der Waals surface area contributed by atoms with E-state index in [4.69, 9.17) is 22.9 Å². The second kappa shape index (κ2) is 17.3. The van der Waals surface area contributed by atoms with E-state index in [9.17, 15) is 24.3 Å². The minimum atomic E-state index is -1.11. The van der Waals surface area contributed by atoms with Gasteiger partial charge in [-0.1, -0.05) is 54.6 Å². The van der Waals surface area contributed by atoms with Gasteiger partial charge in [-0.2, -0.15) is 0 Å². The number of hydrogen-bond donors (Lipinski definition) is 8. The van der Waals surface area contributed by atoms with E-state index < -0.39 is 48.3 Å². The molecule has 0 heterocycles. The van der Waals surface area contributed by atoms with Crippen LogP contribution in [0.1, 0.15) is 35.1 Å². The number of primary amides is 1. The molecule has 13 heteroatoms. The van der Waals surface area contributed by atoms with Crippen LogP contribution in [0.15, 0.2) is 71.7 Å². The van der Waals surface area contributed by atoms with Crippen molar-refractivity contribution >= 4 is 29.6 Å². The summed E-state index contributed by atoms with van der Waals surface area (Å²) < 4.78 is 0. The highest BCUT2D eigenvalue weighted by molar-refractivity contribution is 5.94. The van der Waals surface area contributed by atoms with Gasteiger partial charge in [0, 0.05) is 13.0 Å². The van der Waals surface area contributed by atoms with Crippen LogP contribution in [0.4, 0.5) is 0 Å².